The second-order valence-electron chi connectivity index (χ2n) is 5.35. The van der Waals surface area contributed by atoms with Crippen molar-refractivity contribution in [3.63, 3.8) is 0 Å². The zero-order valence-corrected chi connectivity index (χ0v) is 13.2. The zero-order valence-electron chi connectivity index (χ0n) is 11.6. The SMILES string of the molecule is O=C(NOCC1CCCCC1)c1cn2cc(Br)cnc2n1. The topological polar surface area (TPSA) is 68.5 Å². The average Bonchev–Trinajstić information content (AvgIpc) is 2.91. The fourth-order valence-corrected chi connectivity index (χ4v) is 2.92. The van der Waals surface area contributed by atoms with E-state index in [1.165, 1.54) is 32.1 Å². The molecule has 0 atom stereocenters. The molecule has 3 rings (SSSR count). The highest BCUT2D eigenvalue weighted by Gasteiger charge is 2.15. The van der Waals surface area contributed by atoms with Crippen molar-refractivity contribution in [3.05, 3.63) is 28.8 Å². The van der Waals surface area contributed by atoms with Crippen molar-refractivity contribution in [2.75, 3.05) is 6.61 Å². The van der Waals surface area contributed by atoms with Crippen LogP contribution in [0, 0.1) is 5.92 Å². The summed E-state index contributed by atoms with van der Waals surface area (Å²) >= 11 is 3.33. The molecule has 1 amide bonds. The summed E-state index contributed by atoms with van der Waals surface area (Å²) in [6.07, 6.45) is 11.3. The lowest BCUT2D eigenvalue weighted by molar-refractivity contribution is 0.0103. The Morgan fingerprint density at radius 3 is 3.00 bits per heavy atom. The molecule has 2 aromatic rings. The molecule has 0 spiro atoms. The van der Waals surface area contributed by atoms with Crippen molar-refractivity contribution < 1.29 is 9.63 Å². The summed E-state index contributed by atoms with van der Waals surface area (Å²) in [6, 6.07) is 0. The monoisotopic (exact) mass is 352 g/mol. The lowest BCUT2D eigenvalue weighted by atomic mass is 9.90. The van der Waals surface area contributed by atoms with Crippen LogP contribution in [0.4, 0.5) is 0 Å². The van der Waals surface area contributed by atoms with E-state index in [4.69, 9.17) is 4.84 Å². The predicted molar refractivity (Wildman–Crippen MR) is 80.7 cm³/mol. The molecule has 1 aliphatic rings. The largest absolute Gasteiger partial charge is 0.295 e. The van der Waals surface area contributed by atoms with E-state index in [9.17, 15) is 4.79 Å². The quantitative estimate of drug-likeness (QED) is 0.859. The molecule has 2 heterocycles. The zero-order chi connectivity index (χ0) is 14.7. The van der Waals surface area contributed by atoms with Crippen LogP contribution in [0.5, 0.6) is 0 Å². The maximum absolute atomic E-state index is 12.0. The summed E-state index contributed by atoms with van der Waals surface area (Å²) in [6.45, 7) is 0.572. The van der Waals surface area contributed by atoms with Crippen molar-refractivity contribution in [1.82, 2.24) is 19.8 Å². The van der Waals surface area contributed by atoms with Crippen LogP contribution in [-0.4, -0.2) is 26.9 Å². The van der Waals surface area contributed by atoms with Gasteiger partial charge in [0.25, 0.3) is 5.91 Å². The first-order valence-corrected chi connectivity index (χ1v) is 7.94. The van der Waals surface area contributed by atoms with Crippen molar-refractivity contribution in [1.29, 1.82) is 0 Å². The van der Waals surface area contributed by atoms with E-state index in [1.54, 1.807) is 23.0 Å². The van der Waals surface area contributed by atoms with Crippen LogP contribution >= 0.6 is 15.9 Å². The van der Waals surface area contributed by atoms with Gasteiger partial charge in [-0.1, -0.05) is 19.3 Å². The van der Waals surface area contributed by atoms with Gasteiger partial charge in [-0.05, 0) is 34.7 Å². The molecule has 0 radical (unpaired) electrons. The third kappa shape index (κ3) is 3.59. The maximum Gasteiger partial charge on any atom is 0.295 e. The Labute approximate surface area is 131 Å². The molecule has 112 valence electrons. The summed E-state index contributed by atoms with van der Waals surface area (Å²) in [5.74, 6) is 0.695. The number of rotatable bonds is 4. The smallest absolute Gasteiger partial charge is 0.289 e. The molecule has 0 aliphatic heterocycles. The standard InChI is InChI=1S/C14H17BrN4O2/c15-11-6-16-14-17-12(8-19(14)7-11)13(20)18-21-9-10-4-2-1-3-5-10/h6-8,10H,1-5,9H2,(H,18,20). The Morgan fingerprint density at radius 1 is 1.38 bits per heavy atom. The number of imidazole rings is 1. The van der Waals surface area contributed by atoms with Gasteiger partial charge >= 0.3 is 0 Å². The third-order valence-electron chi connectivity index (χ3n) is 3.72. The number of carbonyl (C=O) groups is 1. The van der Waals surface area contributed by atoms with Crippen LogP contribution in [0.3, 0.4) is 0 Å². The summed E-state index contributed by atoms with van der Waals surface area (Å²) in [7, 11) is 0. The molecule has 0 unspecified atom stereocenters. The number of carbonyl (C=O) groups excluding carboxylic acids is 1. The fourth-order valence-electron chi connectivity index (χ4n) is 2.60. The van der Waals surface area contributed by atoms with E-state index in [1.807, 2.05) is 0 Å². The third-order valence-corrected chi connectivity index (χ3v) is 4.13. The summed E-state index contributed by atoms with van der Waals surface area (Å²) in [5, 5.41) is 0. The van der Waals surface area contributed by atoms with Crippen LogP contribution in [0.25, 0.3) is 5.78 Å². The predicted octanol–water partition coefficient (Wildman–Crippen LogP) is 2.73. The van der Waals surface area contributed by atoms with Gasteiger partial charge in [0.05, 0.1) is 11.1 Å². The normalized spacial score (nSPS) is 16.2. The highest BCUT2D eigenvalue weighted by atomic mass is 79.9. The first-order valence-electron chi connectivity index (χ1n) is 7.15. The van der Waals surface area contributed by atoms with Crippen LogP contribution in [0.1, 0.15) is 42.6 Å². The van der Waals surface area contributed by atoms with Crippen molar-refractivity contribution in [2.45, 2.75) is 32.1 Å². The van der Waals surface area contributed by atoms with Crippen molar-refractivity contribution in [2.24, 2.45) is 5.92 Å². The van der Waals surface area contributed by atoms with Crippen LogP contribution in [0.15, 0.2) is 23.1 Å². The van der Waals surface area contributed by atoms with Gasteiger partial charge in [-0.25, -0.2) is 15.4 Å². The molecule has 1 saturated carbocycles. The summed E-state index contributed by atoms with van der Waals surface area (Å²) < 4.78 is 2.52. The molecule has 0 bridgehead atoms. The van der Waals surface area contributed by atoms with Gasteiger partial charge in [-0.15, -0.1) is 0 Å². The second kappa shape index (κ2) is 6.53. The molecule has 1 N–H and O–H groups in total. The van der Waals surface area contributed by atoms with E-state index in [2.05, 4.69) is 31.4 Å². The summed E-state index contributed by atoms with van der Waals surface area (Å²) in [4.78, 5) is 25.6. The van der Waals surface area contributed by atoms with E-state index in [-0.39, 0.29) is 5.91 Å². The van der Waals surface area contributed by atoms with Gasteiger partial charge in [0.2, 0.25) is 5.78 Å². The second-order valence-corrected chi connectivity index (χ2v) is 6.27. The number of nitrogens with one attached hydrogen (secondary N) is 1. The van der Waals surface area contributed by atoms with E-state index in [0.29, 0.717) is 24.0 Å². The number of halogens is 1. The highest BCUT2D eigenvalue weighted by molar-refractivity contribution is 9.10. The molecule has 1 fully saturated rings. The minimum absolute atomic E-state index is 0.296. The number of aromatic nitrogens is 3. The number of hydrogen-bond acceptors (Lipinski definition) is 4. The molecule has 0 aromatic carbocycles. The Balaban J connectivity index is 1.56. The molecule has 7 heteroatoms. The van der Waals surface area contributed by atoms with Gasteiger partial charge in [-0.2, -0.15) is 0 Å². The molecule has 21 heavy (non-hydrogen) atoms. The summed E-state index contributed by atoms with van der Waals surface area (Å²) in [5.41, 5.74) is 2.76. The van der Waals surface area contributed by atoms with Gasteiger partial charge in [-0.3, -0.25) is 14.0 Å². The van der Waals surface area contributed by atoms with Crippen LogP contribution < -0.4 is 5.48 Å². The molecule has 6 nitrogen and oxygen atoms in total. The molecule has 2 aromatic heterocycles. The average molecular weight is 353 g/mol. The van der Waals surface area contributed by atoms with Gasteiger partial charge in [0, 0.05) is 18.6 Å². The molecule has 0 saturated heterocycles. The number of hydrogen-bond donors (Lipinski definition) is 1. The lowest BCUT2D eigenvalue weighted by Crippen LogP contribution is -2.27. The maximum atomic E-state index is 12.0. The fraction of sp³-hybridized carbons (Fsp3) is 0.500. The van der Waals surface area contributed by atoms with Crippen LogP contribution in [-0.2, 0) is 4.84 Å². The van der Waals surface area contributed by atoms with Crippen LogP contribution in [0.2, 0.25) is 0 Å². The van der Waals surface area contributed by atoms with Gasteiger partial charge < -0.3 is 0 Å². The Kier molecular flexibility index (Phi) is 4.50. The first kappa shape index (κ1) is 14.5. The van der Waals surface area contributed by atoms with Gasteiger partial charge in [0.1, 0.15) is 0 Å². The minimum atomic E-state index is -0.340. The Morgan fingerprint density at radius 2 is 2.19 bits per heavy atom. The van der Waals surface area contributed by atoms with Crippen molar-refractivity contribution in [3.8, 4) is 0 Å². The van der Waals surface area contributed by atoms with Crippen molar-refractivity contribution >= 4 is 27.6 Å². The minimum Gasteiger partial charge on any atom is -0.289 e. The Hall–Kier alpha value is -1.47. The Bertz CT molecular complexity index is 637. The number of fused-ring (bicyclic) bond motifs is 1. The molecule has 1 aliphatic carbocycles. The lowest BCUT2D eigenvalue weighted by Gasteiger charge is -2.20. The van der Waals surface area contributed by atoms with Gasteiger partial charge in [0.15, 0.2) is 5.69 Å². The number of amides is 1. The van der Waals surface area contributed by atoms with E-state index in [0.717, 1.165) is 4.47 Å². The first-order chi connectivity index (χ1) is 10.2. The molecular weight excluding hydrogens is 336 g/mol. The number of hydroxylamine groups is 1. The number of nitrogens with zero attached hydrogens (tertiary/aromatic N) is 3. The molecular formula is C14H17BrN4O2. The highest BCUT2D eigenvalue weighted by Crippen LogP contribution is 2.23. The van der Waals surface area contributed by atoms with E-state index >= 15 is 0 Å². The van der Waals surface area contributed by atoms with E-state index < -0.39 is 0 Å².